The summed E-state index contributed by atoms with van der Waals surface area (Å²) >= 11 is 0. The largest absolute Gasteiger partial charge is 0.497 e. The first-order valence-electron chi connectivity index (χ1n) is 11.1. The maximum absolute atomic E-state index is 5.85. The van der Waals surface area contributed by atoms with Crippen LogP contribution in [0.4, 0.5) is 0 Å². The minimum atomic E-state index is -0.0254. The fraction of sp³-hybridized carbons (Fsp3) is 0.591. The molecule has 0 aliphatic carbocycles. The molecule has 1 aromatic heterocycles. The van der Waals surface area contributed by atoms with Gasteiger partial charge in [-0.25, -0.2) is 4.68 Å². The Hall–Kier alpha value is -2.49. The summed E-state index contributed by atoms with van der Waals surface area (Å²) < 4.78 is 19.0. The van der Waals surface area contributed by atoms with E-state index in [1.54, 1.807) is 19.1 Å². The lowest BCUT2D eigenvalue weighted by molar-refractivity contribution is -1.02. The summed E-state index contributed by atoms with van der Waals surface area (Å²) in [6, 6.07) is 5.98. The van der Waals surface area contributed by atoms with Gasteiger partial charge < -0.3 is 24.0 Å². The number of aromatic nitrogens is 4. The van der Waals surface area contributed by atoms with Gasteiger partial charge in [-0.1, -0.05) is 6.58 Å². The summed E-state index contributed by atoms with van der Waals surface area (Å²) in [4.78, 5) is 3.01. The zero-order chi connectivity index (χ0) is 21.6. The van der Waals surface area contributed by atoms with Crippen LogP contribution in [0, 0.1) is 0 Å². The van der Waals surface area contributed by atoms with Crippen LogP contribution in [0.25, 0.3) is 0 Å². The van der Waals surface area contributed by atoms with Crippen LogP contribution in [0.1, 0.15) is 30.3 Å². The highest BCUT2D eigenvalue weighted by Crippen LogP contribution is 2.31. The Kier molecular flexibility index (Phi) is 7.16. The number of piperazine rings is 1. The quantitative estimate of drug-likeness (QED) is 0.493. The molecule has 2 N–H and O–H groups in total. The Morgan fingerprint density at radius 1 is 1.26 bits per heavy atom. The van der Waals surface area contributed by atoms with E-state index in [-0.39, 0.29) is 12.1 Å². The van der Waals surface area contributed by atoms with Gasteiger partial charge in [0.05, 0.1) is 39.0 Å². The summed E-state index contributed by atoms with van der Waals surface area (Å²) in [5.41, 5.74) is 1.08. The average molecular weight is 431 g/mol. The van der Waals surface area contributed by atoms with Gasteiger partial charge in [-0.15, -0.1) is 5.10 Å². The first-order chi connectivity index (χ1) is 15.2. The molecule has 2 saturated heterocycles. The number of hydrogen-bond donors (Lipinski definition) is 2. The molecule has 0 unspecified atom stereocenters. The Morgan fingerprint density at radius 3 is 2.77 bits per heavy atom. The maximum atomic E-state index is 5.85. The number of nitrogens with zero attached hydrogens (tertiary/aromatic N) is 4. The highest BCUT2D eigenvalue weighted by Gasteiger charge is 2.37. The number of benzene rings is 1. The monoisotopic (exact) mass is 430 g/mol. The predicted octanol–water partition coefficient (Wildman–Crippen LogP) is -1.07. The number of ether oxygens (including phenoxy) is 3. The van der Waals surface area contributed by atoms with E-state index in [1.807, 2.05) is 22.9 Å². The van der Waals surface area contributed by atoms with Crippen molar-refractivity contribution in [2.75, 3.05) is 53.6 Å². The van der Waals surface area contributed by atoms with Crippen LogP contribution in [0.3, 0.4) is 0 Å². The molecule has 2 aliphatic heterocycles. The number of methoxy groups -OCH3 is 2. The zero-order valence-electron chi connectivity index (χ0n) is 18.5. The van der Waals surface area contributed by atoms with Gasteiger partial charge >= 0.3 is 0 Å². The first kappa shape index (κ1) is 21.7. The second kappa shape index (κ2) is 10.2. The molecule has 31 heavy (non-hydrogen) atoms. The minimum absolute atomic E-state index is 0.0254. The highest BCUT2D eigenvalue weighted by atomic mass is 16.5. The van der Waals surface area contributed by atoms with Crippen molar-refractivity contribution in [1.29, 1.82) is 0 Å². The van der Waals surface area contributed by atoms with E-state index in [1.165, 1.54) is 4.90 Å². The third-order valence-electron chi connectivity index (χ3n) is 6.41. The molecular weight excluding hydrogens is 396 g/mol. The van der Waals surface area contributed by atoms with Gasteiger partial charge in [0.2, 0.25) is 5.82 Å². The van der Waals surface area contributed by atoms with Crippen molar-refractivity contribution in [2.24, 2.45) is 0 Å². The smallest absolute Gasteiger partial charge is 0.214 e. The van der Waals surface area contributed by atoms with Crippen LogP contribution in [0.2, 0.25) is 0 Å². The second-order valence-corrected chi connectivity index (χ2v) is 8.30. The lowest BCUT2D eigenvalue weighted by Crippen LogP contribution is -3.28. The molecule has 9 nitrogen and oxygen atoms in total. The first-order valence-corrected chi connectivity index (χ1v) is 11.1. The minimum Gasteiger partial charge on any atom is -0.497 e. The van der Waals surface area contributed by atoms with Crippen LogP contribution in [-0.4, -0.2) is 79.9 Å². The summed E-state index contributed by atoms with van der Waals surface area (Å²) in [6.07, 6.45) is 4.32. The van der Waals surface area contributed by atoms with E-state index >= 15 is 0 Å². The van der Waals surface area contributed by atoms with E-state index in [4.69, 9.17) is 14.2 Å². The summed E-state index contributed by atoms with van der Waals surface area (Å²) in [6.45, 7) is 10.6. The Labute approximate surface area is 183 Å². The zero-order valence-corrected chi connectivity index (χ0v) is 18.5. The van der Waals surface area contributed by atoms with Crippen LogP contribution in [-0.2, 0) is 11.3 Å². The van der Waals surface area contributed by atoms with Crippen molar-refractivity contribution in [3.05, 3.63) is 42.2 Å². The van der Waals surface area contributed by atoms with E-state index in [9.17, 15) is 0 Å². The number of nitrogens with one attached hydrogen (secondary N) is 2. The fourth-order valence-corrected chi connectivity index (χ4v) is 4.75. The predicted molar refractivity (Wildman–Crippen MR) is 115 cm³/mol. The third-order valence-corrected chi connectivity index (χ3v) is 6.41. The van der Waals surface area contributed by atoms with Crippen molar-refractivity contribution in [2.45, 2.75) is 31.5 Å². The molecule has 2 aliphatic rings. The molecule has 3 heterocycles. The Bertz CT molecular complexity index is 859. The van der Waals surface area contributed by atoms with Gasteiger partial charge in [0, 0.05) is 12.7 Å². The topological polar surface area (TPSA) is 80.2 Å². The van der Waals surface area contributed by atoms with E-state index in [0.29, 0.717) is 6.54 Å². The molecule has 9 heteroatoms. The number of rotatable bonds is 9. The molecule has 0 bridgehead atoms. The van der Waals surface area contributed by atoms with Crippen LogP contribution in [0.15, 0.2) is 30.9 Å². The fourth-order valence-electron chi connectivity index (χ4n) is 4.75. The molecule has 168 valence electrons. The Morgan fingerprint density at radius 2 is 2.10 bits per heavy atom. The number of hydrogen-bond acceptors (Lipinski definition) is 6. The van der Waals surface area contributed by atoms with Gasteiger partial charge in [-0.3, -0.25) is 0 Å². The van der Waals surface area contributed by atoms with Crippen molar-refractivity contribution in [3.63, 3.8) is 0 Å². The van der Waals surface area contributed by atoms with Crippen molar-refractivity contribution >= 4 is 0 Å². The molecule has 0 spiro atoms. The lowest BCUT2D eigenvalue weighted by atomic mass is 10.0. The SMILES string of the molecule is C=CC[NH+]1CC[NH+]([C@H](c2ccc(OC)cc2OC)c2nnnn2C[C@@H]2CCCO2)CC1. The molecule has 0 saturated carbocycles. The van der Waals surface area contributed by atoms with E-state index in [2.05, 4.69) is 28.2 Å². The molecule has 0 radical (unpaired) electrons. The summed E-state index contributed by atoms with van der Waals surface area (Å²) in [5.74, 6) is 2.43. The molecule has 2 aromatic rings. The van der Waals surface area contributed by atoms with Gasteiger partial charge in [0.15, 0.2) is 6.04 Å². The third kappa shape index (κ3) is 4.89. The van der Waals surface area contributed by atoms with Gasteiger partial charge in [0.25, 0.3) is 0 Å². The maximum Gasteiger partial charge on any atom is 0.214 e. The van der Waals surface area contributed by atoms with Gasteiger partial charge in [0.1, 0.15) is 37.7 Å². The van der Waals surface area contributed by atoms with Gasteiger partial charge in [-0.2, -0.15) is 0 Å². The summed E-state index contributed by atoms with van der Waals surface area (Å²) in [5, 5.41) is 12.9. The molecular formula is C22H34N6O3+2. The lowest BCUT2D eigenvalue weighted by Gasteiger charge is -2.34. The molecule has 1 aromatic carbocycles. The summed E-state index contributed by atoms with van der Waals surface area (Å²) in [7, 11) is 3.37. The van der Waals surface area contributed by atoms with Crippen molar-refractivity contribution in [3.8, 4) is 11.5 Å². The van der Waals surface area contributed by atoms with Crippen LogP contribution >= 0.6 is 0 Å². The molecule has 2 atom stereocenters. The van der Waals surface area contributed by atoms with Crippen molar-refractivity contribution in [1.82, 2.24) is 20.2 Å². The van der Waals surface area contributed by atoms with Crippen LogP contribution in [0.5, 0.6) is 11.5 Å². The standard InChI is InChI=1S/C22H32N6O3/c1-4-9-26-10-12-27(13-11-26)21(19-8-7-17(29-2)15-20(19)30-3)22-23-24-25-28(22)16-18-6-5-14-31-18/h4,7-8,15,18,21H,1,5-6,9-14,16H2,2-3H3/p+2/t18-,21+/m0/s1. The normalized spacial score (nSPS) is 24.6. The van der Waals surface area contributed by atoms with Crippen LogP contribution < -0.4 is 19.3 Å². The number of tetrazole rings is 1. The molecule has 2 fully saturated rings. The van der Waals surface area contributed by atoms with E-state index in [0.717, 1.165) is 75.1 Å². The highest BCUT2D eigenvalue weighted by molar-refractivity contribution is 5.43. The van der Waals surface area contributed by atoms with E-state index < -0.39 is 0 Å². The molecule has 0 amide bonds. The molecule has 4 rings (SSSR count). The van der Waals surface area contributed by atoms with Crippen molar-refractivity contribution < 1.29 is 24.0 Å². The number of quaternary nitrogens is 2. The Balaban J connectivity index is 1.67. The van der Waals surface area contributed by atoms with Gasteiger partial charge in [-0.05, 0) is 41.5 Å². The second-order valence-electron chi connectivity index (χ2n) is 8.30. The average Bonchev–Trinajstić information content (AvgIpc) is 3.48.